The van der Waals surface area contributed by atoms with Gasteiger partial charge in [-0.05, 0) is 17.7 Å². The number of nitrogens with zero attached hydrogens (tertiary/aromatic N) is 2. The van der Waals surface area contributed by atoms with E-state index in [1.165, 1.54) is 18.2 Å². The molecule has 2 aromatic carbocycles. The van der Waals surface area contributed by atoms with E-state index in [0.29, 0.717) is 12.1 Å². The molecule has 0 radical (unpaired) electrons. The van der Waals surface area contributed by atoms with Crippen LogP contribution in [0.1, 0.15) is 31.4 Å². The van der Waals surface area contributed by atoms with Crippen molar-refractivity contribution in [1.29, 1.82) is 0 Å². The summed E-state index contributed by atoms with van der Waals surface area (Å²) in [6.45, 7) is 4.50. The lowest BCUT2D eigenvalue weighted by molar-refractivity contribution is -0.384. The standard InChI is InChI=1S/C21H22N2O5/c1-21(2)16-5-3-4-6-17(16)22(12-11-20(25)26)19(21)10-7-14-13-15(23(27)28)8-9-18(14)24/h3-10,13,19,24H,11-12H2,1-2H3,(H,25,26)/b10-7+. The second-order valence-corrected chi connectivity index (χ2v) is 7.38. The van der Waals surface area contributed by atoms with E-state index in [1.807, 2.05) is 35.2 Å². The summed E-state index contributed by atoms with van der Waals surface area (Å²) in [6.07, 6.45) is 3.53. The van der Waals surface area contributed by atoms with Crippen molar-refractivity contribution in [3.05, 3.63) is 69.8 Å². The quantitative estimate of drug-likeness (QED) is 0.579. The van der Waals surface area contributed by atoms with Crippen LogP contribution in [-0.2, 0) is 10.2 Å². The van der Waals surface area contributed by atoms with E-state index < -0.39 is 10.9 Å². The van der Waals surface area contributed by atoms with Crippen molar-refractivity contribution < 1.29 is 19.9 Å². The molecule has 7 nitrogen and oxygen atoms in total. The van der Waals surface area contributed by atoms with Gasteiger partial charge in [-0.25, -0.2) is 0 Å². The van der Waals surface area contributed by atoms with Gasteiger partial charge in [0.1, 0.15) is 5.75 Å². The number of carboxylic acids is 1. The van der Waals surface area contributed by atoms with Gasteiger partial charge < -0.3 is 15.1 Å². The van der Waals surface area contributed by atoms with E-state index in [0.717, 1.165) is 11.3 Å². The molecule has 1 aliphatic heterocycles. The number of phenols is 1. The average molecular weight is 382 g/mol. The van der Waals surface area contributed by atoms with Gasteiger partial charge in [-0.15, -0.1) is 0 Å². The highest BCUT2D eigenvalue weighted by molar-refractivity contribution is 5.71. The molecule has 0 saturated heterocycles. The van der Waals surface area contributed by atoms with Crippen LogP contribution in [0.25, 0.3) is 6.08 Å². The van der Waals surface area contributed by atoms with Crippen LogP contribution < -0.4 is 4.90 Å². The fourth-order valence-corrected chi connectivity index (χ4v) is 3.77. The third-order valence-electron chi connectivity index (χ3n) is 5.23. The highest BCUT2D eigenvalue weighted by atomic mass is 16.6. The van der Waals surface area contributed by atoms with Gasteiger partial charge in [-0.1, -0.05) is 44.2 Å². The second kappa shape index (κ2) is 7.34. The molecule has 28 heavy (non-hydrogen) atoms. The number of phenolic OH excluding ortho intramolecular Hbond substituents is 1. The molecule has 0 spiro atoms. The summed E-state index contributed by atoms with van der Waals surface area (Å²) in [4.78, 5) is 23.7. The fraction of sp³-hybridized carbons (Fsp3) is 0.286. The molecule has 0 bridgehead atoms. The molecule has 1 unspecified atom stereocenters. The Balaban J connectivity index is 1.99. The number of anilines is 1. The smallest absolute Gasteiger partial charge is 0.305 e. The van der Waals surface area contributed by atoms with Crippen molar-refractivity contribution in [2.45, 2.75) is 31.7 Å². The molecule has 3 rings (SSSR count). The largest absolute Gasteiger partial charge is 0.507 e. The zero-order valence-corrected chi connectivity index (χ0v) is 15.7. The number of nitro benzene ring substituents is 1. The van der Waals surface area contributed by atoms with Crippen LogP contribution in [-0.4, -0.2) is 33.7 Å². The maximum atomic E-state index is 11.1. The third-order valence-corrected chi connectivity index (χ3v) is 5.23. The van der Waals surface area contributed by atoms with Gasteiger partial charge in [0.2, 0.25) is 0 Å². The Morgan fingerprint density at radius 2 is 2.00 bits per heavy atom. The van der Waals surface area contributed by atoms with Gasteiger partial charge in [0.05, 0.1) is 17.4 Å². The van der Waals surface area contributed by atoms with Crippen molar-refractivity contribution >= 4 is 23.4 Å². The normalized spacial score (nSPS) is 17.6. The van der Waals surface area contributed by atoms with Crippen molar-refractivity contribution in [3.63, 3.8) is 0 Å². The molecule has 146 valence electrons. The number of hydrogen-bond donors (Lipinski definition) is 2. The van der Waals surface area contributed by atoms with Crippen LogP contribution in [0.15, 0.2) is 48.5 Å². The van der Waals surface area contributed by atoms with E-state index in [2.05, 4.69) is 13.8 Å². The summed E-state index contributed by atoms with van der Waals surface area (Å²) in [7, 11) is 0. The third kappa shape index (κ3) is 3.55. The first-order chi connectivity index (χ1) is 13.2. The van der Waals surface area contributed by atoms with Crippen molar-refractivity contribution in [2.24, 2.45) is 0 Å². The molecular formula is C21H22N2O5. The lowest BCUT2D eigenvalue weighted by atomic mass is 9.80. The minimum Gasteiger partial charge on any atom is -0.507 e. The van der Waals surface area contributed by atoms with E-state index in [-0.39, 0.29) is 29.3 Å². The summed E-state index contributed by atoms with van der Waals surface area (Å²) in [5, 5.41) is 30.2. The van der Waals surface area contributed by atoms with E-state index >= 15 is 0 Å². The molecule has 0 saturated carbocycles. The lowest BCUT2D eigenvalue weighted by Crippen LogP contribution is -2.41. The van der Waals surface area contributed by atoms with Gasteiger partial charge in [0.25, 0.3) is 5.69 Å². The summed E-state index contributed by atoms with van der Waals surface area (Å²) in [6, 6.07) is 11.6. The highest BCUT2D eigenvalue weighted by Gasteiger charge is 2.42. The number of nitro groups is 1. The van der Waals surface area contributed by atoms with Crippen molar-refractivity contribution in [1.82, 2.24) is 0 Å². The number of non-ortho nitro benzene ring substituents is 1. The SMILES string of the molecule is CC1(C)c2ccccc2N(CCC(=O)O)C1/C=C/c1cc([N+](=O)[O-])ccc1O. The van der Waals surface area contributed by atoms with Crippen LogP contribution in [0.2, 0.25) is 0 Å². The molecule has 2 aromatic rings. The van der Waals surface area contributed by atoms with E-state index in [4.69, 9.17) is 5.11 Å². The first-order valence-corrected chi connectivity index (χ1v) is 8.95. The molecule has 0 amide bonds. The molecule has 1 aliphatic rings. The number of benzene rings is 2. The summed E-state index contributed by atoms with van der Waals surface area (Å²) < 4.78 is 0. The Kier molecular flexibility index (Phi) is 5.09. The Hall–Kier alpha value is -3.35. The zero-order chi connectivity index (χ0) is 20.5. The molecule has 0 aliphatic carbocycles. The number of para-hydroxylation sites is 1. The Morgan fingerprint density at radius 1 is 1.29 bits per heavy atom. The summed E-state index contributed by atoms with van der Waals surface area (Å²) in [5.41, 5.74) is 2.03. The number of aliphatic carboxylic acids is 1. The summed E-state index contributed by atoms with van der Waals surface area (Å²) >= 11 is 0. The molecule has 2 N–H and O–H groups in total. The minimum absolute atomic E-state index is 0.00316. The van der Waals surface area contributed by atoms with Crippen LogP contribution >= 0.6 is 0 Å². The van der Waals surface area contributed by atoms with Crippen LogP contribution in [0, 0.1) is 10.1 Å². The van der Waals surface area contributed by atoms with Gasteiger partial charge >= 0.3 is 5.97 Å². The highest BCUT2D eigenvalue weighted by Crippen LogP contribution is 2.45. The molecule has 0 aromatic heterocycles. The second-order valence-electron chi connectivity index (χ2n) is 7.38. The maximum Gasteiger partial charge on any atom is 0.305 e. The Morgan fingerprint density at radius 3 is 2.68 bits per heavy atom. The van der Waals surface area contributed by atoms with Crippen LogP contribution in [0.5, 0.6) is 5.75 Å². The first-order valence-electron chi connectivity index (χ1n) is 8.95. The number of rotatable bonds is 6. The topological polar surface area (TPSA) is 104 Å². The van der Waals surface area contributed by atoms with Crippen molar-refractivity contribution in [2.75, 3.05) is 11.4 Å². The van der Waals surface area contributed by atoms with Gasteiger partial charge in [0, 0.05) is 35.3 Å². The summed E-state index contributed by atoms with van der Waals surface area (Å²) in [5.74, 6) is -0.923. The number of hydrogen-bond acceptors (Lipinski definition) is 5. The average Bonchev–Trinajstić information content (AvgIpc) is 2.86. The monoisotopic (exact) mass is 382 g/mol. The minimum atomic E-state index is -0.874. The van der Waals surface area contributed by atoms with E-state index in [1.54, 1.807) is 6.08 Å². The van der Waals surface area contributed by atoms with Gasteiger partial charge in [-0.3, -0.25) is 14.9 Å². The number of carboxylic acid groups (broad SMARTS) is 1. The fourth-order valence-electron chi connectivity index (χ4n) is 3.77. The molecule has 7 heteroatoms. The molecular weight excluding hydrogens is 360 g/mol. The molecule has 1 atom stereocenters. The van der Waals surface area contributed by atoms with Gasteiger partial charge in [0.15, 0.2) is 0 Å². The number of fused-ring (bicyclic) bond motifs is 1. The Bertz CT molecular complexity index is 952. The Labute approximate surface area is 162 Å². The maximum absolute atomic E-state index is 11.1. The predicted octanol–water partition coefficient (Wildman–Crippen LogP) is 3.95. The van der Waals surface area contributed by atoms with Crippen LogP contribution in [0.4, 0.5) is 11.4 Å². The molecule has 0 fully saturated rings. The van der Waals surface area contributed by atoms with Crippen LogP contribution in [0.3, 0.4) is 0 Å². The van der Waals surface area contributed by atoms with E-state index in [9.17, 15) is 20.0 Å². The molecule has 1 heterocycles. The van der Waals surface area contributed by atoms with Gasteiger partial charge in [-0.2, -0.15) is 0 Å². The number of aromatic hydroxyl groups is 1. The lowest BCUT2D eigenvalue weighted by Gasteiger charge is -2.32. The number of carbonyl (C=O) groups is 1. The zero-order valence-electron chi connectivity index (χ0n) is 15.7. The van der Waals surface area contributed by atoms with Crippen molar-refractivity contribution in [3.8, 4) is 5.75 Å². The predicted molar refractivity (Wildman–Crippen MR) is 107 cm³/mol. The first kappa shape index (κ1) is 19.4.